The summed E-state index contributed by atoms with van der Waals surface area (Å²) in [5.41, 5.74) is -0.488. The molecular weight excluding hydrogens is 371 g/mol. The van der Waals surface area contributed by atoms with Crippen molar-refractivity contribution in [2.24, 2.45) is 11.3 Å². The Morgan fingerprint density at radius 3 is 2.61 bits per heavy atom. The number of alkyl halides is 3. The Labute approximate surface area is 161 Å². The van der Waals surface area contributed by atoms with Crippen LogP contribution in [0, 0.1) is 11.3 Å². The first-order chi connectivity index (χ1) is 13.2. The van der Waals surface area contributed by atoms with E-state index in [1.165, 1.54) is 6.92 Å². The molecule has 1 aromatic carbocycles. The highest BCUT2D eigenvalue weighted by molar-refractivity contribution is 5.93. The number of fused-ring (bicyclic) bond motifs is 1. The largest absolute Gasteiger partial charge is 0.487 e. The van der Waals surface area contributed by atoms with E-state index >= 15 is 0 Å². The van der Waals surface area contributed by atoms with E-state index in [1.54, 1.807) is 15.6 Å². The summed E-state index contributed by atoms with van der Waals surface area (Å²) in [6.07, 6.45) is -4.02. The van der Waals surface area contributed by atoms with Crippen LogP contribution < -0.4 is 4.74 Å². The predicted molar refractivity (Wildman–Crippen MR) is 95.8 cm³/mol. The van der Waals surface area contributed by atoms with Crippen molar-refractivity contribution in [1.82, 2.24) is 14.7 Å². The van der Waals surface area contributed by atoms with Gasteiger partial charge in [0.15, 0.2) is 0 Å². The molecule has 1 saturated carbocycles. The van der Waals surface area contributed by atoms with Crippen molar-refractivity contribution in [3.05, 3.63) is 47.8 Å². The summed E-state index contributed by atoms with van der Waals surface area (Å²) >= 11 is 0. The number of benzene rings is 1. The molecule has 0 unspecified atom stereocenters. The lowest BCUT2D eigenvalue weighted by molar-refractivity contribution is -0.256. The molecule has 1 amide bonds. The number of ether oxygens (including phenoxy) is 1. The van der Waals surface area contributed by atoms with E-state index < -0.39 is 11.6 Å². The van der Waals surface area contributed by atoms with Crippen molar-refractivity contribution in [2.75, 3.05) is 13.1 Å². The Morgan fingerprint density at radius 1 is 1.21 bits per heavy atom. The number of aromatic nitrogens is 2. The van der Waals surface area contributed by atoms with Crippen LogP contribution in [0.2, 0.25) is 0 Å². The molecule has 0 radical (unpaired) electrons. The first-order valence-electron chi connectivity index (χ1n) is 9.36. The first kappa shape index (κ1) is 18.8. The third kappa shape index (κ3) is 3.47. The van der Waals surface area contributed by atoms with Gasteiger partial charge in [0.1, 0.15) is 23.7 Å². The molecule has 2 aliphatic rings. The molecule has 4 rings (SSSR count). The van der Waals surface area contributed by atoms with Crippen molar-refractivity contribution >= 4 is 5.91 Å². The van der Waals surface area contributed by atoms with Crippen LogP contribution in [-0.2, 0) is 13.2 Å². The van der Waals surface area contributed by atoms with E-state index in [4.69, 9.17) is 4.74 Å². The number of nitrogens with zero attached hydrogens (tertiary/aromatic N) is 3. The van der Waals surface area contributed by atoms with Crippen LogP contribution in [-0.4, -0.2) is 39.9 Å². The van der Waals surface area contributed by atoms with Crippen LogP contribution in [0.3, 0.4) is 0 Å². The minimum atomic E-state index is -4.18. The summed E-state index contributed by atoms with van der Waals surface area (Å²) in [5.74, 6) is 0.440. The predicted octanol–water partition coefficient (Wildman–Crippen LogP) is 3.90. The van der Waals surface area contributed by atoms with Gasteiger partial charge in [-0.15, -0.1) is 0 Å². The van der Waals surface area contributed by atoms with Gasteiger partial charge in [0.25, 0.3) is 5.91 Å². The first-order valence-corrected chi connectivity index (χ1v) is 9.36. The summed E-state index contributed by atoms with van der Waals surface area (Å²) < 4.78 is 46.3. The van der Waals surface area contributed by atoms with Crippen LogP contribution in [0.4, 0.5) is 13.2 Å². The van der Waals surface area contributed by atoms with Crippen LogP contribution in [0.25, 0.3) is 0 Å². The molecule has 1 aliphatic carbocycles. The number of amides is 1. The smallest absolute Gasteiger partial charge is 0.394 e. The number of hydrogen-bond donors (Lipinski definition) is 0. The second-order valence-corrected chi connectivity index (χ2v) is 7.93. The third-order valence-corrected chi connectivity index (χ3v) is 5.69. The summed E-state index contributed by atoms with van der Waals surface area (Å²) in [6, 6.07) is 11.0. The Hall–Kier alpha value is -2.51. The van der Waals surface area contributed by atoms with Crippen molar-refractivity contribution in [3.63, 3.8) is 0 Å². The highest BCUT2D eigenvalue weighted by Gasteiger charge is 2.58. The highest BCUT2D eigenvalue weighted by atomic mass is 19.4. The van der Waals surface area contributed by atoms with Gasteiger partial charge in [-0.1, -0.05) is 25.1 Å². The van der Waals surface area contributed by atoms with E-state index in [9.17, 15) is 18.0 Å². The molecule has 1 aliphatic heterocycles. The molecule has 0 N–H and O–H groups in total. The molecule has 5 nitrogen and oxygen atoms in total. The average Bonchev–Trinajstić information content (AvgIpc) is 3.05. The maximum atomic E-state index is 13.0. The van der Waals surface area contributed by atoms with Gasteiger partial charge in [-0.05, 0) is 37.0 Å². The molecule has 2 heterocycles. The van der Waals surface area contributed by atoms with Crippen molar-refractivity contribution < 1.29 is 22.7 Å². The molecule has 1 aromatic heterocycles. The van der Waals surface area contributed by atoms with Crippen molar-refractivity contribution in [2.45, 2.75) is 39.1 Å². The van der Waals surface area contributed by atoms with E-state index in [1.807, 2.05) is 30.3 Å². The van der Waals surface area contributed by atoms with E-state index in [-0.39, 0.29) is 31.3 Å². The standard InChI is InChI=1S/C20H22F3N3O2/c1-19(20(21,22)23)10-14(11-19)12-25-7-8-26-17(18(25)27)9-15(24-26)13-28-16-5-3-2-4-6-16/h2-6,9,14H,7-8,10-13H2,1H3. The van der Waals surface area contributed by atoms with Crippen LogP contribution in [0.1, 0.15) is 35.9 Å². The fourth-order valence-corrected chi connectivity index (χ4v) is 4.10. The topological polar surface area (TPSA) is 47.4 Å². The van der Waals surface area contributed by atoms with Gasteiger partial charge in [0, 0.05) is 13.1 Å². The normalized spacial score (nSPS) is 24.6. The van der Waals surface area contributed by atoms with Crippen molar-refractivity contribution in [1.29, 1.82) is 0 Å². The summed E-state index contributed by atoms with van der Waals surface area (Å²) in [5, 5.41) is 4.41. The second kappa shape index (κ2) is 6.83. The molecule has 8 heteroatoms. The number of rotatable bonds is 5. The van der Waals surface area contributed by atoms with Crippen LogP contribution in [0.15, 0.2) is 36.4 Å². The molecule has 2 aromatic rings. The minimum absolute atomic E-state index is 0.0791. The highest BCUT2D eigenvalue weighted by Crippen LogP contribution is 2.55. The van der Waals surface area contributed by atoms with Gasteiger partial charge in [-0.25, -0.2) is 0 Å². The zero-order valence-corrected chi connectivity index (χ0v) is 15.6. The molecule has 0 bridgehead atoms. The van der Waals surface area contributed by atoms with Gasteiger partial charge in [-0.3, -0.25) is 9.48 Å². The quantitative estimate of drug-likeness (QED) is 0.774. The zero-order valence-electron chi connectivity index (χ0n) is 15.6. The second-order valence-electron chi connectivity index (χ2n) is 7.93. The molecule has 0 saturated heterocycles. The Balaban J connectivity index is 1.36. The molecule has 0 spiro atoms. The number of para-hydroxylation sites is 1. The number of carbonyl (C=O) groups is 1. The van der Waals surface area contributed by atoms with E-state index in [0.29, 0.717) is 31.0 Å². The minimum Gasteiger partial charge on any atom is -0.487 e. The molecular formula is C20H22F3N3O2. The van der Waals surface area contributed by atoms with Gasteiger partial charge in [0.05, 0.1) is 12.0 Å². The van der Waals surface area contributed by atoms with Crippen LogP contribution >= 0.6 is 0 Å². The SMILES string of the molecule is CC1(C(F)(F)F)CC(CN2CCn3nc(COc4ccccc4)cc3C2=O)C1. The number of halogens is 3. The maximum Gasteiger partial charge on any atom is 0.394 e. The third-order valence-electron chi connectivity index (χ3n) is 5.69. The molecule has 1 fully saturated rings. The molecule has 150 valence electrons. The summed E-state index contributed by atoms with van der Waals surface area (Å²) in [6.45, 7) is 2.88. The average molecular weight is 393 g/mol. The number of hydrogen-bond acceptors (Lipinski definition) is 3. The fourth-order valence-electron chi connectivity index (χ4n) is 4.10. The van der Waals surface area contributed by atoms with Gasteiger partial charge < -0.3 is 9.64 Å². The monoisotopic (exact) mass is 393 g/mol. The van der Waals surface area contributed by atoms with Gasteiger partial charge >= 0.3 is 6.18 Å². The van der Waals surface area contributed by atoms with E-state index in [0.717, 1.165) is 5.75 Å². The lowest BCUT2D eigenvalue weighted by Crippen LogP contribution is -2.51. The van der Waals surface area contributed by atoms with E-state index in [2.05, 4.69) is 5.10 Å². The Bertz CT molecular complexity index is 857. The Kier molecular flexibility index (Phi) is 4.59. The lowest BCUT2D eigenvalue weighted by Gasteiger charge is -2.47. The van der Waals surface area contributed by atoms with Crippen LogP contribution in [0.5, 0.6) is 5.75 Å². The molecule has 28 heavy (non-hydrogen) atoms. The maximum absolute atomic E-state index is 13.0. The summed E-state index contributed by atoms with van der Waals surface area (Å²) in [4.78, 5) is 14.4. The Morgan fingerprint density at radius 2 is 1.93 bits per heavy atom. The molecule has 0 atom stereocenters. The van der Waals surface area contributed by atoms with Crippen molar-refractivity contribution in [3.8, 4) is 5.75 Å². The fraction of sp³-hybridized carbons (Fsp3) is 0.500. The summed E-state index contributed by atoms with van der Waals surface area (Å²) in [7, 11) is 0. The van der Waals surface area contributed by atoms with Gasteiger partial charge in [0.2, 0.25) is 0 Å². The lowest BCUT2D eigenvalue weighted by atomic mass is 9.62. The number of carbonyl (C=O) groups excluding carboxylic acids is 1. The zero-order chi connectivity index (χ0) is 19.9. The van der Waals surface area contributed by atoms with Gasteiger partial charge in [-0.2, -0.15) is 18.3 Å².